The van der Waals surface area contributed by atoms with E-state index >= 15 is 0 Å². The predicted octanol–water partition coefficient (Wildman–Crippen LogP) is 5.03. The molecule has 2 aromatic carbocycles. The summed E-state index contributed by atoms with van der Waals surface area (Å²) in [6, 6.07) is 14.9. The Balaban J connectivity index is 2.59. The lowest BCUT2D eigenvalue weighted by molar-refractivity contribution is 1.42. The van der Waals surface area contributed by atoms with Crippen LogP contribution < -0.4 is 0 Å². The second-order valence-electron chi connectivity index (χ2n) is 3.45. The first-order chi connectivity index (χ1) is 7.18. The van der Waals surface area contributed by atoms with Crippen molar-refractivity contribution in [1.29, 1.82) is 0 Å². The van der Waals surface area contributed by atoms with Gasteiger partial charge in [0.05, 0.1) is 0 Å². The molecule has 0 saturated carbocycles. The Labute approximate surface area is 112 Å². The third-order valence-electron chi connectivity index (χ3n) is 2.35. The maximum absolute atomic E-state index is 3.57. The van der Waals surface area contributed by atoms with Crippen LogP contribution in [0.25, 0.3) is 11.1 Å². The van der Waals surface area contributed by atoms with Gasteiger partial charge in [0.25, 0.3) is 0 Å². The highest BCUT2D eigenvalue weighted by Gasteiger charge is 2.04. The summed E-state index contributed by atoms with van der Waals surface area (Å²) in [5, 5.41) is 0. The van der Waals surface area contributed by atoms with Crippen LogP contribution in [-0.2, 0) is 0 Å². The number of hydrogen-bond donors (Lipinski definition) is 0. The normalized spacial score (nSPS) is 10.3. The number of hydrogen-bond acceptors (Lipinski definition) is 0. The average molecular weight is 373 g/mol. The highest BCUT2D eigenvalue weighted by molar-refractivity contribution is 14.1. The lowest BCUT2D eigenvalue weighted by atomic mass is 10.0. The van der Waals surface area contributed by atoms with E-state index in [-0.39, 0.29) is 0 Å². The molecule has 0 amide bonds. The molecule has 0 bridgehead atoms. The van der Waals surface area contributed by atoms with E-state index in [1.807, 2.05) is 6.07 Å². The van der Waals surface area contributed by atoms with Crippen LogP contribution in [0.15, 0.2) is 46.9 Å². The topological polar surface area (TPSA) is 0 Å². The highest BCUT2D eigenvalue weighted by atomic mass is 127. The summed E-state index contributed by atoms with van der Waals surface area (Å²) in [7, 11) is 0. The van der Waals surface area contributed by atoms with Crippen LogP contribution >= 0.6 is 38.5 Å². The molecule has 0 aliphatic heterocycles. The van der Waals surface area contributed by atoms with E-state index < -0.39 is 0 Å². The van der Waals surface area contributed by atoms with Crippen molar-refractivity contribution in [3.05, 3.63) is 56.1 Å². The van der Waals surface area contributed by atoms with Crippen molar-refractivity contribution in [1.82, 2.24) is 0 Å². The number of rotatable bonds is 1. The first kappa shape index (κ1) is 11.1. The van der Waals surface area contributed by atoms with Gasteiger partial charge in [-0.2, -0.15) is 0 Å². The second kappa shape index (κ2) is 4.66. The zero-order valence-corrected chi connectivity index (χ0v) is 12.0. The third kappa shape index (κ3) is 2.42. The van der Waals surface area contributed by atoms with E-state index in [1.165, 1.54) is 20.3 Å². The number of benzene rings is 2. The molecule has 0 N–H and O–H groups in total. The van der Waals surface area contributed by atoms with E-state index in [0.717, 1.165) is 4.47 Å². The fourth-order valence-corrected chi connectivity index (χ4v) is 2.54. The van der Waals surface area contributed by atoms with Gasteiger partial charge in [-0.05, 0) is 74.3 Å². The Morgan fingerprint density at radius 2 is 1.73 bits per heavy atom. The summed E-state index contributed by atoms with van der Waals surface area (Å²) in [5.41, 5.74) is 3.88. The molecule has 0 heterocycles. The monoisotopic (exact) mass is 372 g/mol. The van der Waals surface area contributed by atoms with Gasteiger partial charge in [0.15, 0.2) is 0 Å². The van der Waals surface area contributed by atoms with Crippen molar-refractivity contribution < 1.29 is 0 Å². The van der Waals surface area contributed by atoms with E-state index in [9.17, 15) is 0 Å². The van der Waals surface area contributed by atoms with Crippen molar-refractivity contribution in [2.45, 2.75) is 6.92 Å². The van der Waals surface area contributed by atoms with Gasteiger partial charge in [-0.1, -0.05) is 30.3 Å². The summed E-state index contributed by atoms with van der Waals surface area (Å²) in [4.78, 5) is 0. The van der Waals surface area contributed by atoms with Gasteiger partial charge in [0, 0.05) is 8.04 Å². The van der Waals surface area contributed by atoms with E-state index in [0.29, 0.717) is 0 Å². The van der Waals surface area contributed by atoms with Crippen LogP contribution in [0.1, 0.15) is 5.56 Å². The summed E-state index contributed by atoms with van der Waals surface area (Å²) >= 11 is 5.91. The lowest BCUT2D eigenvalue weighted by Crippen LogP contribution is -1.85. The minimum absolute atomic E-state index is 1.16. The third-order valence-corrected chi connectivity index (χ3v) is 4.64. The molecule has 2 aromatic rings. The maximum atomic E-state index is 3.57. The van der Waals surface area contributed by atoms with Gasteiger partial charge in [-0.25, -0.2) is 0 Å². The molecule has 2 rings (SSSR count). The molecule has 2 heteroatoms. The van der Waals surface area contributed by atoms with Gasteiger partial charge >= 0.3 is 0 Å². The molecule has 0 spiro atoms. The van der Waals surface area contributed by atoms with Gasteiger partial charge < -0.3 is 0 Å². The van der Waals surface area contributed by atoms with Gasteiger partial charge in [0.1, 0.15) is 0 Å². The van der Waals surface area contributed by atoms with Gasteiger partial charge in [-0.3, -0.25) is 0 Å². The number of halogens is 2. The van der Waals surface area contributed by atoms with Crippen LogP contribution in [0.2, 0.25) is 0 Å². The van der Waals surface area contributed by atoms with E-state index in [4.69, 9.17) is 0 Å². The van der Waals surface area contributed by atoms with Crippen LogP contribution in [0.3, 0.4) is 0 Å². The molecule has 76 valence electrons. The minimum atomic E-state index is 1.16. The SMILES string of the molecule is Cc1cc(I)c(Br)cc1-c1ccccc1. The Kier molecular flexibility index (Phi) is 3.46. The summed E-state index contributed by atoms with van der Waals surface area (Å²) in [6.45, 7) is 2.15. The molecule has 0 unspecified atom stereocenters. The number of aryl methyl sites for hydroxylation is 1. The van der Waals surface area contributed by atoms with Gasteiger partial charge in [0.2, 0.25) is 0 Å². The van der Waals surface area contributed by atoms with Gasteiger partial charge in [-0.15, -0.1) is 0 Å². The quantitative estimate of drug-likeness (QED) is 0.616. The molecular weight excluding hydrogens is 363 g/mol. The Bertz CT molecular complexity index is 477. The first-order valence-corrected chi connectivity index (χ1v) is 6.57. The standard InChI is InChI=1S/C13H10BrI/c1-9-7-13(15)12(14)8-11(9)10-5-3-2-4-6-10/h2-8H,1H3. The largest absolute Gasteiger partial charge is 0.0622 e. The Morgan fingerprint density at radius 1 is 1.07 bits per heavy atom. The minimum Gasteiger partial charge on any atom is -0.0622 e. The average Bonchev–Trinajstić information content (AvgIpc) is 2.25. The lowest BCUT2D eigenvalue weighted by Gasteiger charge is -2.08. The summed E-state index contributed by atoms with van der Waals surface area (Å²) < 4.78 is 2.41. The van der Waals surface area contributed by atoms with E-state index in [2.05, 4.69) is 81.8 Å². The highest BCUT2D eigenvalue weighted by Crippen LogP contribution is 2.30. The van der Waals surface area contributed by atoms with E-state index in [1.54, 1.807) is 0 Å². The molecule has 0 radical (unpaired) electrons. The molecule has 0 aromatic heterocycles. The Hall–Kier alpha value is -0.350. The molecule has 0 atom stereocenters. The zero-order chi connectivity index (χ0) is 10.8. The molecular formula is C13H10BrI. The zero-order valence-electron chi connectivity index (χ0n) is 8.30. The van der Waals surface area contributed by atoms with Crippen molar-refractivity contribution >= 4 is 38.5 Å². The first-order valence-electron chi connectivity index (χ1n) is 4.69. The summed E-state index contributed by atoms with van der Waals surface area (Å²) in [5.74, 6) is 0. The predicted molar refractivity (Wildman–Crippen MR) is 77.0 cm³/mol. The summed E-state index contributed by atoms with van der Waals surface area (Å²) in [6.07, 6.45) is 0. The van der Waals surface area contributed by atoms with Crippen molar-refractivity contribution in [3.8, 4) is 11.1 Å². The van der Waals surface area contributed by atoms with Crippen molar-refractivity contribution in [2.75, 3.05) is 0 Å². The van der Waals surface area contributed by atoms with Crippen LogP contribution in [0, 0.1) is 10.5 Å². The fourth-order valence-electron chi connectivity index (χ4n) is 1.57. The smallest absolute Gasteiger partial charge is 0.0315 e. The van der Waals surface area contributed by atoms with Crippen molar-refractivity contribution in [2.24, 2.45) is 0 Å². The maximum Gasteiger partial charge on any atom is 0.0315 e. The molecule has 15 heavy (non-hydrogen) atoms. The molecule has 0 saturated heterocycles. The van der Waals surface area contributed by atoms with Crippen molar-refractivity contribution in [3.63, 3.8) is 0 Å². The Morgan fingerprint density at radius 3 is 2.40 bits per heavy atom. The molecule has 0 aliphatic carbocycles. The fraction of sp³-hybridized carbons (Fsp3) is 0.0769. The molecule has 0 aliphatic rings. The van der Waals surface area contributed by atoms with Crippen LogP contribution in [0.5, 0.6) is 0 Å². The molecule has 0 fully saturated rings. The van der Waals surface area contributed by atoms with Crippen LogP contribution in [0.4, 0.5) is 0 Å². The second-order valence-corrected chi connectivity index (χ2v) is 5.46. The molecule has 0 nitrogen and oxygen atoms in total. The van der Waals surface area contributed by atoms with Crippen LogP contribution in [-0.4, -0.2) is 0 Å².